The standard InChI is InChI=1S/C12H26N2O2/c1-11(8-16-3)14(6-7-15-2)10-12(9-13)4-5-12/h11H,4-10,13H2,1-3H3. The van der Waals surface area contributed by atoms with Gasteiger partial charge in [0.05, 0.1) is 13.2 Å². The molecule has 0 aromatic rings. The summed E-state index contributed by atoms with van der Waals surface area (Å²) in [5, 5.41) is 0. The number of hydrogen-bond donors (Lipinski definition) is 1. The van der Waals surface area contributed by atoms with Crippen LogP contribution in [0, 0.1) is 5.41 Å². The Balaban J connectivity index is 2.42. The Morgan fingerprint density at radius 3 is 2.44 bits per heavy atom. The fourth-order valence-electron chi connectivity index (χ4n) is 2.04. The zero-order valence-corrected chi connectivity index (χ0v) is 10.9. The molecule has 4 heteroatoms. The molecule has 0 aromatic heterocycles. The summed E-state index contributed by atoms with van der Waals surface area (Å²) in [6, 6.07) is 0.434. The van der Waals surface area contributed by atoms with E-state index in [1.165, 1.54) is 12.8 Å². The van der Waals surface area contributed by atoms with Crippen molar-refractivity contribution in [1.82, 2.24) is 4.90 Å². The molecule has 1 aliphatic rings. The maximum atomic E-state index is 5.83. The summed E-state index contributed by atoms with van der Waals surface area (Å²) in [7, 11) is 3.50. The lowest BCUT2D eigenvalue weighted by atomic mass is 10.1. The predicted molar refractivity (Wildman–Crippen MR) is 65.5 cm³/mol. The largest absolute Gasteiger partial charge is 0.383 e. The normalized spacial score (nSPS) is 20.1. The van der Waals surface area contributed by atoms with Crippen LogP contribution >= 0.6 is 0 Å². The Morgan fingerprint density at radius 2 is 2.00 bits per heavy atom. The van der Waals surface area contributed by atoms with E-state index in [0.717, 1.165) is 32.8 Å². The third-order valence-electron chi connectivity index (χ3n) is 3.54. The number of nitrogens with two attached hydrogens (primary N) is 1. The van der Waals surface area contributed by atoms with Crippen molar-refractivity contribution in [2.75, 3.05) is 47.1 Å². The van der Waals surface area contributed by atoms with Gasteiger partial charge in [-0.1, -0.05) is 0 Å². The van der Waals surface area contributed by atoms with Gasteiger partial charge in [-0.2, -0.15) is 0 Å². The minimum Gasteiger partial charge on any atom is -0.383 e. The van der Waals surface area contributed by atoms with Crippen LogP contribution in [0.5, 0.6) is 0 Å². The molecule has 0 radical (unpaired) electrons. The molecule has 0 heterocycles. The number of rotatable bonds is 9. The molecular formula is C12H26N2O2. The van der Waals surface area contributed by atoms with Crippen LogP contribution < -0.4 is 5.73 Å². The summed E-state index contributed by atoms with van der Waals surface area (Å²) in [5.41, 5.74) is 6.22. The topological polar surface area (TPSA) is 47.7 Å². The van der Waals surface area contributed by atoms with E-state index in [1.807, 2.05) is 0 Å². The van der Waals surface area contributed by atoms with E-state index in [9.17, 15) is 0 Å². The monoisotopic (exact) mass is 230 g/mol. The highest BCUT2D eigenvalue weighted by Crippen LogP contribution is 2.45. The summed E-state index contributed by atoms with van der Waals surface area (Å²) >= 11 is 0. The highest BCUT2D eigenvalue weighted by molar-refractivity contribution is 4.97. The van der Waals surface area contributed by atoms with Crippen molar-refractivity contribution in [3.05, 3.63) is 0 Å². The number of methoxy groups -OCH3 is 2. The average molecular weight is 230 g/mol. The SMILES string of the molecule is COCCN(CC1(CN)CC1)C(C)COC. The van der Waals surface area contributed by atoms with E-state index in [-0.39, 0.29) is 0 Å². The lowest BCUT2D eigenvalue weighted by Crippen LogP contribution is -2.43. The van der Waals surface area contributed by atoms with E-state index < -0.39 is 0 Å². The fraction of sp³-hybridized carbons (Fsp3) is 1.00. The first-order chi connectivity index (χ1) is 7.67. The zero-order chi connectivity index (χ0) is 12.0. The highest BCUT2D eigenvalue weighted by Gasteiger charge is 2.42. The van der Waals surface area contributed by atoms with Crippen molar-refractivity contribution in [3.63, 3.8) is 0 Å². The molecule has 0 aromatic carbocycles. The van der Waals surface area contributed by atoms with Crippen LogP contribution in [0.1, 0.15) is 19.8 Å². The van der Waals surface area contributed by atoms with E-state index in [2.05, 4.69) is 11.8 Å². The minimum absolute atomic E-state index is 0.385. The number of hydrogen-bond acceptors (Lipinski definition) is 4. The van der Waals surface area contributed by atoms with Crippen LogP contribution in [0.25, 0.3) is 0 Å². The number of ether oxygens (including phenoxy) is 2. The van der Waals surface area contributed by atoms with Crippen LogP contribution in [-0.4, -0.2) is 58.0 Å². The Hall–Kier alpha value is -0.160. The molecule has 0 bridgehead atoms. The predicted octanol–water partition coefficient (Wildman–Crippen LogP) is 0.709. The third-order valence-corrected chi connectivity index (χ3v) is 3.54. The molecule has 1 unspecified atom stereocenters. The maximum Gasteiger partial charge on any atom is 0.0615 e. The molecule has 0 saturated heterocycles. The second-order valence-corrected chi connectivity index (χ2v) is 4.97. The van der Waals surface area contributed by atoms with Crippen molar-refractivity contribution in [2.45, 2.75) is 25.8 Å². The van der Waals surface area contributed by atoms with Crippen molar-refractivity contribution >= 4 is 0 Å². The Bertz CT molecular complexity index is 195. The van der Waals surface area contributed by atoms with Gasteiger partial charge in [0.15, 0.2) is 0 Å². The van der Waals surface area contributed by atoms with Crippen LogP contribution in [0.4, 0.5) is 0 Å². The quantitative estimate of drug-likeness (QED) is 0.634. The van der Waals surface area contributed by atoms with Gasteiger partial charge in [0.2, 0.25) is 0 Å². The van der Waals surface area contributed by atoms with Gasteiger partial charge in [-0.25, -0.2) is 0 Å². The first-order valence-corrected chi connectivity index (χ1v) is 6.09. The van der Waals surface area contributed by atoms with Crippen LogP contribution in [0.3, 0.4) is 0 Å². The van der Waals surface area contributed by atoms with Gasteiger partial charge >= 0.3 is 0 Å². The molecule has 4 nitrogen and oxygen atoms in total. The summed E-state index contributed by atoms with van der Waals surface area (Å²) in [6.07, 6.45) is 2.54. The third kappa shape index (κ3) is 4.01. The van der Waals surface area contributed by atoms with E-state index in [1.54, 1.807) is 14.2 Å². The highest BCUT2D eigenvalue weighted by atomic mass is 16.5. The van der Waals surface area contributed by atoms with Gasteiger partial charge in [-0.05, 0) is 31.7 Å². The fourth-order valence-corrected chi connectivity index (χ4v) is 2.04. The van der Waals surface area contributed by atoms with E-state index in [4.69, 9.17) is 15.2 Å². The van der Waals surface area contributed by atoms with Crippen molar-refractivity contribution in [2.24, 2.45) is 11.1 Å². The Labute approximate surface area is 99.1 Å². The molecular weight excluding hydrogens is 204 g/mol. The van der Waals surface area contributed by atoms with Crippen molar-refractivity contribution in [1.29, 1.82) is 0 Å². The maximum absolute atomic E-state index is 5.83. The molecule has 0 amide bonds. The lowest BCUT2D eigenvalue weighted by Gasteiger charge is -2.31. The van der Waals surface area contributed by atoms with Crippen molar-refractivity contribution < 1.29 is 9.47 Å². The molecule has 1 saturated carbocycles. The minimum atomic E-state index is 0.385. The van der Waals surface area contributed by atoms with Gasteiger partial charge in [0.25, 0.3) is 0 Å². The van der Waals surface area contributed by atoms with Crippen LogP contribution in [-0.2, 0) is 9.47 Å². The smallest absolute Gasteiger partial charge is 0.0615 e. The van der Waals surface area contributed by atoms with Crippen LogP contribution in [0.2, 0.25) is 0 Å². The summed E-state index contributed by atoms with van der Waals surface area (Å²) in [4.78, 5) is 2.44. The second kappa shape index (κ2) is 6.55. The summed E-state index contributed by atoms with van der Waals surface area (Å²) < 4.78 is 10.4. The summed E-state index contributed by atoms with van der Waals surface area (Å²) in [6.45, 7) is 6.58. The first-order valence-electron chi connectivity index (χ1n) is 6.09. The van der Waals surface area contributed by atoms with E-state index >= 15 is 0 Å². The summed E-state index contributed by atoms with van der Waals surface area (Å²) in [5.74, 6) is 0. The van der Waals surface area contributed by atoms with Gasteiger partial charge < -0.3 is 15.2 Å². The molecule has 1 fully saturated rings. The molecule has 1 rings (SSSR count). The number of nitrogens with zero attached hydrogens (tertiary/aromatic N) is 1. The molecule has 0 aliphatic heterocycles. The van der Waals surface area contributed by atoms with E-state index in [0.29, 0.717) is 11.5 Å². The molecule has 1 aliphatic carbocycles. The molecule has 96 valence electrons. The van der Waals surface area contributed by atoms with Crippen molar-refractivity contribution in [3.8, 4) is 0 Å². The molecule has 2 N–H and O–H groups in total. The van der Waals surface area contributed by atoms with Gasteiger partial charge in [-0.15, -0.1) is 0 Å². The van der Waals surface area contributed by atoms with Gasteiger partial charge in [-0.3, -0.25) is 4.90 Å². The molecule has 1 atom stereocenters. The average Bonchev–Trinajstić information content (AvgIpc) is 3.05. The molecule has 16 heavy (non-hydrogen) atoms. The van der Waals surface area contributed by atoms with Gasteiger partial charge in [0, 0.05) is 33.4 Å². The Kier molecular flexibility index (Phi) is 5.69. The molecule has 0 spiro atoms. The second-order valence-electron chi connectivity index (χ2n) is 4.97. The Morgan fingerprint density at radius 1 is 1.31 bits per heavy atom. The zero-order valence-electron chi connectivity index (χ0n) is 10.9. The first kappa shape index (κ1) is 13.9. The van der Waals surface area contributed by atoms with Gasteiger partial charge in [0.1, 0.15) is 0 Å². The van der Waals surface area contributed by atoms with Crippen LogP contribution in [0.15, 0.2) is 0 Å². The lowest BCUT2D eigenvalue weighted by molar-refractivity contribution is 0.0626.